The van der Waals surface area contributed by atoms with Crippen LogP contribution in [0.4, 0.5) is 17.6 Å². The van der Waals surface area contributed by atoms with Crippen molar-refractivity contribution in [1.29, 1.82) is 0 Å². The minimum absolute atomic E-state index is 0.00308. The van der Waals surface area contributed by atoms with Gasteiger partial charge in [-0.15, -0.1) is 0 Å². The van der Waals surface area contributed by atoms with Crippen LogP contribution in [0.5, 0.6) is 0 Å². The molecule has 1 saturated carbocycles. The van der Waals surface area contributed by atoms with E-state index in [1.807, 2.05) is 0 Å². The zero-order valence-corrected chi connectivity index (χ0v) is 23.1. The molecule has 0 unspecified atom stereocenters. The van der Waals surface area contributed by atoms with Gasteiger partial charge < -0.3 is 19.8 Å². The molecule has 0 radical (unpaired) electrons. The first-order valence-corrected chi connectivity index (χ1v) is 14.5. The minimum Gasteiger partial charge on any atom is -0.478 e. The van der Waals surface area contributed by atoms with Crippen molar-refractivity contribution in [3.05, 3.63) is 70.0 Å². The number of β-amino-alcohol motifs (C(OH)–C–C–N with tert-alkyl or cyclic N) is 1. The second-order valence-electron chi connectivity index (χ2n) is 12.1. The van der Waals surface area contributed by atoms with Crippen molar-refractivity contribution in [3.8, 4) is 0 Å². The molecule has 7 nitrogen and oxygen atoms in total. The number of hydrogen-bond acceptors (Lipinski definition) is 5. The van der Waals surface area contributed by atoms with Gasteiger partial charge in [0.15, 0.2) is 0 Å². The summed E-state index contributed by atoms with van der Waals surface area (Å²) in [6.45, 7) is 1.90. The minimum atomic E-state index is -4.52. The molecule has 11 heteroatoms. The van der Waals surface area contributed by atoms with Crippen molar-refractivity contribution in [2.24, 2.45) is 5.92 Å². The Labute approximate surface area is 241 Å². The molecule has 3 aliphatic heterocycles. The zero-order valence-electron chi connectivity index (χ0n) is 23.1. The molecule has 226 valence electrons. The SMILES string of the molecule is O=C(O)c1cc(C2CCN([C@@H]3CC[C@@](C(=O)N4Cc5cc(C(F)(F)F)ccc5[C@H](O)C4)(C4CC4)OC3)CC2)ccc1F. The van der Waals surface area contributed by atoms with Crippen molar-refractivity contribution in [3.63, 3.8) is 0 Å². The van der Waals surface area contributed by atoms with Gasteiger partial charge >= 0.3 is 12.1 Å². The molecule has 2 aromatic carbocycles. The lowest BCUT2D eigenvalue weighted by molar-refractivity contribution is -0.178. The van der Waals surface area contributed by atoms with Crippen LogP contribution in [-0.4, -0.2) is 69.8 Å². The van der Waals surface area contributed by atoms with Crippen LogP contribution in [0.1, 0.15) is 83.2 Å². The van der Waals surface area contributed by atoms with E-state index in [2.05, 4.69) is 4.90 Å². The molecule has 3 atom stereocenters. The van der Waals surface area contributed by atoms with E-state index in [0.717, 1.165) is 62.9 Å². The first kappa shape index (κ1) is 29.1. The molecule has 2 saturated heterocycles. The van der Waals surface area contributed by atoms with E-state index in [9.17, 15) is 37.4 Å². The monoisotopic (exact) mass is 590 g/mol. The molecule has 3 fully saturated rings. The maximum atomic E-state index is 14.0. The molecule has 2 N–H and O–H groups in total. The summed E-state index contributed by atoms with van der Waals surface area (Å²) < 4.78 is 60.3. The number of halogens is 4. The smallest absolute Gasteiger partial charge is 0.416 e. The number of carbonyl (C=O) groups is 2. The number of carboxylic acids is 1. The molecule has 3 heterocycles. The Morgan fingerprint density at radius 3 is 2.36 bits per heavy atom. The summed E-state index contributed by atoms with van der Waals surface area (Å²) in [7, 11) is 0. The van der Waals surface area contributed by atoms with E-state index < -0.39 is 35.2 Å². The Bertz CT molecular complexity index is 1360. The summed E-state index contributed by atoms with van der Waals surface area (Å²) in [5.74, 6) is -2.10. The van der Waals surface area contributed by atoms with Crippen LogP contribution >= 0.6 is 0 Å². The van der Waals surface area contributed by atoms with Crippen LogP contribution in [0.2, 0.25) is 0 Å². The zero-order chi connectivity index (χ0) is 29.8. The van der Waals surface area contributed by atoms with E-state index in [0.29, 0.717) is 24.2 Å². The van der Waals surface area contributed by atoms with Gasteiger partial charge in [0.25, 0.3) is 5.91 Å². The lowest BCUT2D eigenvalue weighted by Crippen LogP contribution is -2.59. The Morgan fingerprint density at radius 1 is 1.00 bits per heavy atom. The molecule has 0 bridgehead atoms. The number of benzene rings is 2. The number of amides is 1. The van der Waals surface area contributed by atoms with E-state index >= 15 is 0 Å². The number of alkyl halides is 3. The van der Waals surface area contributed by atoms with Crippen molar-refractivity contribution in [2.45, 2.75) is 74.9 Å². The third kappa shape index (κ3) is 5.42. The van der Waals surface area contributed by atoms with Crippen LogP contribution in [0, 0.1) is 11.7 Å². The van der Waals surface area contributed by atoms with Crippen molar-refractivity contribution >= 4 is 11.9 Å². The molecular weight excluding hydrogens is 556 g/mol. The molecule has 0 aromatic heterocycles. The number of carbonyl (C=O) groups excluding carboxylic acids is 1. The molecule has 1 aliphatic carbocycles. The van der Waals surface area contributed by atoms with Crippen LogP contribution < -0.4 is 0 Å². The highest BCUT2D eigenvalue weighted by atomic mass is 19.4. The van der Waals surface area contributed by atoms with Crippen LogP contribution in [0.3, 0.4) is 0 Å². The Kier molecular flexibility index (Phi) is 7.55. The predicted octanol–water partition coefficient (Wildman–Crippen LogP) is 5.13. The van der Waals surface area contributed by atoms with Gasteiger partial charge in [-0.3, -0.25) is 9.69 Å². The van der Waals surface area contributed by atoms with Crippen molar-refractivity contribution in [1.82, 2.24) is 9.80 Å². The maximum Gasteiger partial charge on any atom is 0.416 e. The number of piperidine rings is 1. The van der Waals surface area contributed by atoms with Gasteiger partial charge in [-0.25, -0.2) is 9.18 Å². The highest BCUT2D eigenvalue weighted by Gasteiger charge is 2.56. The van der Waals surface area contributed by atoms with Crippen molar-refractivity contribution in [2.75, 3.05) is 26.2 Å². The number of aromatic carboxylic acids is 1. The average molecular weight is 591 g/mol. The Morgan fingerprint density at radius 2 is 1.74 bits per heavy atom. The summed E-state index contributed by atoms with van der Waals surface area (Å²) in [5, 5.41) is 20.0. The first-order chi connectivity index (χ1) is 20.0. The normalized spacial score (nSPS) is 27.5. The molecule has 2 aromatic rings. The number of hydrogen-bond donors (Lipinski definition) is 2. The van der Waals surface area contributed by atoms with Gasteiger partial charge in [-0.1, -0.05) is 12.1 Å². The highest BCUT2D eigenvalue weighted by Crippen LogP contribution is 2.49. The molecule has 4 aliphatic rings. The lowest BCUT2D eigenvalue weighted by Gasteiger charge is -2.47. The highest BCUT2D eigenvalue weighted by molar-refractivity contribution is 5.88. The summed E-state index contributed by atoms with van der Waals surface area (Å²) >= 11 is 0. The van der Waals surface area contributed by atoms with E-state index in [-0.39, 0.29) is 42.4 Å². The maximum absolute atomic E-state index is 14.0. The number of rotatable bonds is 5. The largest absolute Gasteiger partial charge is 0.478 e. The van der Waals surface area contributed by atoms with Gasteiger partial charge in [-0.05, 0) is 104 Å². The standard InChI is InChI=1S/C31H34F4N2O5/c32-26-6-1-19(14-25(26)28(39)40)18-8-11-36(12-9-18)23-7-10-30(42-17-23,21-2-3-21)29(41)37-15-20-13-22(31(33,34)35)4-5-24(20)27(38)16-37/h1,4-6,13-14,18,21,23,27,38H,2-3,7-12,15-17H2,(H,39,40)/t23-,27-,30+/m1/s1. The van der Waals surface area contributed by atoms with Crippen LogP contribution in [0.15, 0.2) is 36.4 Å². The van der Waals surface area contributed by atoms with Crippen LogP contribution in [-0.2, 0) is 22.3 Å². The number of ether oxygens (including phenoxy) is 1. The third-order valence-corrected chi connectivity index (χ3v) is 9.59. The first-order valence-electron chi connectivity index (χ1n) is 14.5. The fourth-order valence-electron chi connectivity index (χ4n) is 7.09. The summed E-state index contributed by atoms with van der Waals surface area (Å²) in [5.41, 5.74) is -0.616. The van der Waals surface area contributed by atoms with Gasteiger partial charge in [0.05, 0.1) is 30.4 Å². The second-order valence-corrected chi connectivity index (χ2v) is 12.1. The summed E-state index contributed by atoms with van der Waals surface area (Å²) in [6, 6.07) is 7.69. The number of aliphatic hydroxyl groups is 1. The average Bonchev–Trinajstić information content (AvgIpc) is 3.83. The molecular formula is C31H34F4N2O5. The summed E-state index contributed by atoms with van der Waals surface area (Å²) in [4.78, 5) is 29.1. The molecule has 0 spiro atoms. The topological polar surface area (TPSA) is 90.3 Å². The third-order valence-electron chi connectivity index (χ3n) is 9.59. The molecule has 1 amide bonds. The van der Waals surface area contributed by atoms with Gasteiger partial charge in [0.2, 0.25) is 0 Å². The number of likely N-dealkylation sites (tertiary alicyclic amines) is 1. The fourth-order valence-corrected chi connectivity index (χ4v) is 7.09. The van der Waals surface area contributed by atoms with E-state index in [4.69, 9.17) is 4.74 Å². The number of carboxylic acid groups (broad SMARTS) is 1. The lowest BCUT2D eigenvalue weighted by atomic mass is 9.83. The van der Waals surface area contributed by atoms with Gasteiger partial charge in [-0.2, -0.15) is 13.2 Å². The predicted molar refractivity (Wildman–Crippen MR) is 143 cm³/mol. The Hall–Kier alpha value is -3.02. The molecule has 6 rings (SSSR count). The van der Waals surface area contributed by atoms with E-state index in [1.165, 1.54) is 23.1 Å². The number of nitrogens with zero attached hydrogens (tertiary/aromatic N) is 2. The number of aliphatic hydroxyl groups excluding tert-OH is 1. The van der Waals surface area contributed by atoms with E-state index in [1.54, 1.807) is 6.07 Å². The van der Waals surface area contributed by atoms with Crippen LogP contribution in [0.25, 0.3) is 0 Å². The van der Waals surface area contributed by atoms with Gasteiger partial charge in [0.1, 0.15) is 11.4 Å². The Balaban J connectivity index is 1.10. The summed E-state index contributed by atoms with van der Waals surface area (Å²) in [6.07, 6.45) is -1.07. The van der Waals surface area contributed by atoms with Gasteiger partial charge in [0, 0.05) is 12.6 Å². The quantitative estimate of drug-likeness (QED) is 0.470. The fraction of sp³-hybridized carbons (Fsp3) is 0.548. The second kappa shape index (κ2) is 10.9. The van der Waals surface area contributed by atoms with Crippen molar-refractivity contribution < 1.29 is 42.1 Å². The molecule has 42 heavy (non-hydrogen) atoms. The number of fused-ring (bicyclic) bond motifs is 1.